The van der Waals surface area contributed by atoms with Gasteiger partial charge in [-0.05, 0) is 63.6 Å². The number of benzene rings is 2. The second-order valence-corrected chi connectivity index (χ2v) is 12.7. The number of carbonyl (C=O) groups is 3. The second-order valence-electron chi connectivity index (χ2n) is 10.3. The van der Waals surface area contributed by atoms with E-state index in [2.05, 4.69) is 10.6 Å². The van der Waals surface area contributed by atoms with Gasteiger partial charge in [-0.1, -0.05) is 35.3 Å². The number of anilines is 1. The third-order valence-electron chi connectivity index (χ3n) is 6.09. The fraction of sp³-hybridized carbons (Fsp3) is 0.345. The van der Waals surface area contributed by atoms with Crippen molar-refractivity contribution in [2.45, 2.75) is 56.6 Å². The molecule has 0 bridgehead atoms. The first kappa shape index (κ1) is 34.1. The number of primary sulfonamides is 1. The number of ether oxygens (including phenoxy) is 2. The van der Waals surface area contributed by atoms with Gasteiger partial charge < -0.3 is 19.2 Å². The number of esters is 2. The molecule has 232 valence electrons. The molecule has 0 fully saturated rings. The van der Waals surface area contributed by atoms with E-state index in [-0.39, 0.29) is 54.7 Å². The zero-order chi connectivity index (χ0) is 31.8. The summed E-state index contributed by atoms with van der Waals surface area (Å²) in [5, 5.41) is 11.6. The van der Waals surface area contributed by atoms with Gasteiger partial charge in [-0.2, -0.15) is 0 Å². The predicted octanol–water partition coefficient (Wildman–Crippen LogP) is 4.97. The van der Waals surface area contributed by atoms with E-state index in [1.54, 1.807) is 57.2 Å². The van der Waals surface area contributed by atoms with Crippen LogP contribution in [0.2, 0.25) is 10.0 Å². The minimum atomic E-state index is -4.22. The van der Waals surface area contributed by atoms with Crippen LogP contribution < -0.4 is 15.8 Å². The van der Waals surface area contributed by atoms with E-state index < -0.39 is 38.4 Å². The fourth-order valence-corrected chi connectivity index (χ4v) is 5.35. The minimum Gasteiger partial charge on any atom is -0.467 e. The van der Waals surface area contributed by atoms with Crippen molar-refractivity contribution in [1.82, 2.24) is 5.32 Å². The Morgan fingerprint density at radius 3 is 2.47 bits per heavy atom. The van der Waals surface area contributed by atoms with Gasteiger partial charge in [-0.15, -0.1) is 0 Å². The zero-order valence-corrected chi connectivity index (χ0v) is 26.1. The van der Waals surface area contributed by atoms with Gasteiger partial charge in [-0.25, -0.2) is 18.4 Å². The van der Waals surface area contributed by atoms with Crippen molar-refractivity contribution in [1.29, 1.82) is 0 Å². The van der Waals surface area contributed by atoms with Gasteiger partial charge in [0.15, 0.2) is 5.78 Å². The lowest BCUT2D eigenvalue weighted by Crippen LogP contribution is -2.51. The maximum absolute atomic E-state index is 12.9. The summed E-state index contributed by atoms with van der Waals surface area (Å²) in [5.41, 5.74) is -0.160. The molecule has 0 aliphatic heterocycles. The monoisotopic (exact) mass is 653 g/mol. The Kier molecular flexibility index (Phi) is 11.8. The average Bonchev–Trinajstić information content (AvgIpc) is 3.45. The zero-order valence-electron chi connectivity index (χ0n) is 23.8. The number of hydrogen-bond acceptors (Lipinski definition) is 10. The molecule has 1 unspecified atom stereocenters. The topological polar surface area (TPSA) is 167 Å². The molecule has 0 aliphatic rings. The molecule has 2 aromatic carbocycles. The number of nitrogens with two attached hydrogens (primary N) is 1. The standard InChI is InChI=1S/C29H33Cl2N3O8S/c1-18(27(36)19-7-4-8-20(30)13-19)34-29(2,3)17-42-26(35)10-6-12-41-28(37)22-14-25(43(32,38)39)23(31)15-24(22)33-16-21-9-5-11-40-21/h4-5,7-9,11,13-15,18,33-34H,6,10,12,16-17H2,1-3H3,(H2,32,38,39). The first-order valence-electron chi connectivity index (χ1n) is 13.2. The average molecular weight is 655 g/mol. The number of halogens is 2. The highest BCUT2D eigenvalue weighted by molar-refractivity contribution is 7.89. The van der Waals surface area contributed by atoms with Crippen LogP contribution in [0.1, 0.15) is 60.1 Å². The Morgan fingerprint density at radius 1 is 1.07 bits per heavy atom. The second kappa shape index (κ2) is 14.8. The smallest absolute Gasteiger partial charge is 0.340 e. The molecule has 0 spiro atoms. The lowest BCUT2D eigenvalue weighted by Gasteiger charge is -2.29. The maximum Gasteiger partial charge on any atom is 0.340 e. The van der Waals surface area contributed by atoms with Crippen molar-refractivity contribution >= 4 is 56.6 Å². The van der Waals surface area contributed by atoms with Gasteiger partial charge in [0, 0.05) is 22.5 Å². The molecule has 1 heterocycles. The number of ketones is 1. The summed E-state index contributed by atoms with van der Waals surface area (Å²) in [4.78, 5) is 37.5. The summed E-state index contributed by atoms with van der Waals surface area (Å²) in [6.45, 7) is 5.33. The number of nitrogens with one attached hydrogen (secondary N) is 2. The molecule has 0 saturated heterocycles. The van der Waals surface area contributed by atoms with E-state index in [1.165, 1.54) is 12.3 Å². The van der Waals surface area contributed by atoms with E-state index in [4.69, 9.17) is 42.2 Å². The molecule has 1 aromatic heterocycles. The molecule has 1 atom stereocenters. The Labute approximate surface area is 260 Å². The van der Waals surface area contributed by atoms with Crippen molar-refractivity contribution in [3.8, 4) is 0 Å². The van der Waals surface area contributed by atoms with E-state index in [9.17, 15) is 22.8 Å². The van der Waals surface area contributed by atoms with Crippen molar-refractivity contribution in [2.75, 3.05) is 18.5 Å². The third-order valence-corrected chi connectivity index (χ3v) is 7.70. The Balaban J connectivity index is 1.50. The van der Waals surface area contributed by atoms with Crippen molar-refractivity contribution in [3.63, 3.8) is 0 Å². The van der Waals surface area contributed by atoms with Crippen molar-refractivity contribution in [2.24, 2.45) is 5.14 Å². The lowest BCUT2D eigenvalue weighted by molar-refractivity contribution is -0.145. The van der Waals surface area contributed by atoms with Gasteiger partial charge in [0.1, 0.15) is 17.3 Å². The number of Topliss-reactive ketones (excluding diaryl/α,β-unsaturated/α-hetero) is 1. The normalized spacial score (nSPS) is 12.4. The highest BCUT2D eigenvalue weighted by atomic mass is 35.5. The van der Waals surface area contributed by atoms with E-state index in [0.717, 1.165) is 6.07 Å². The van der Waals surface area contributed by atoms with Gasteiger partial charge in [0.05, 0.1) is 41.7 Å². The molecule has 3 rings (SSSR count). The van der Waals surface area contributed by atoms with E-state index in [1.807, 2.05) is 0 Å². The third kappa shape index (κ3) is 10.4. The number of furan rings is 1. The fourth-order valence-electron chi connectivity index (χ4n) is 4.06. The highest BCUT2D eigenvalue weighted by Crippen LogP contribution is 2.29. The number of sulfonamides is 1. The first-order valence-corrected chi connectivity index (χ1v) is 15.5. The Morgan fingerprint density at radius 2 is 1.81 bits per heavy atom. The first-order chi connectivity index (χ1) is 20.2. The molecular weight excluding hydrogens is 621 g/mol. The summed E-state index contributed by atoms with van der Waals surface area (Å²) in [6.07, 6.45) is 1.58. The van der Waals surface area contributed by atoms with Crippen molar-refractivity contribution < 1.29 is 36.7 Å². The molecule has 0 saturated carbocycles. The summed E-state index contributed by atoms with van der Waals surface area (Å²) >= 11 is 12.1. The molecular formula is C29H33Cl2N3O8S. The van der Waals surface area contributed by atoms with Crippen LogP contribution in [0, 0.1) is 0 Å². The summed E-state index contributed by atoms with van der Waals surface area (Å²) in [6, 6.07) is 11.8. The molecule has 3 aromatic rings. The SMILES string of the molecule is CC(NC(C)(C)COC(=O)CCCOC(=O)c1cc(S(N)(=O)=O)c(Cl)cc1NCc1ccco1)C(=O)c1cccc(Cl)c1. The number of carbonyl (C=O) groups excluding carboxylic acids is 3. The van der Waals surface area contributed by atoms with E-state index >= 15 is 0 Å². The quantitative estimate of drug-likeness (QED) is 0.116. The molecule has 0 radical (unpaired) electrons. The van der Waals surface area contributed by atoms with E-state index in [0.29, 0.717) is 16.3 Å². The van der Waals surface area contributed by atoms with Crippen LogP contribution in [0.15, 0.2) is 64.1 Å². The van der Waals surface area contributed by atoms with Gasteiger partial charge >= 0.3 is 11.9 Å². The van der Waals surface area contributed by atoms with Gasteiger partial charge in [-0.3, -0.25) is 14.9 Å². The van der Waals surface area contributed by atoms with Crippen LogP contribution in [-0.4, -0.2) is 50.9 Å². The predicted molar refractivity (Wildman–Crippen MR) is 162 cm³/mol. The van der Waals surface area contributed by atoms with Crippen LogP contribution >= 0.6 is 23.2 Å². The molecule has 0 amide bonds. The van der Waals surface area contributed by atoms with Crippen LogP contribution in [0.5, 0.6) is 0 Å². The van der Waals surface area contributed by atoms with Crippen molar-refractivity contribution in [3.05, 3.63) is 81.7 Å². The summed E-state index contributed by atoms with van der Waals surface area (Å²) < 4.78 is 39.8. The van der Waals surface area contributed by atoms with Gasteiger partial charge in [0.25, 0.3) is 0 Å². The molecule has 11 nitrogen and oxygen atoms in total. The Bertz CT molecular complexity index is 1560. The summed E-state index contributed by atoms with van der Waals surface area (Å²) in [7, 11) is -4.22. The lowest BCUT2D eigenvalue weighted by atomic mass is 10.0. The van der Waals surface area contributed by atoms with Crippen LogP contribution in [0.3, 0.4) is 0 Å². The maximum atomic E-state index is 12.9. The largest absolute Gasteiger partial charge is 0.467 e. The number of rotatable bonds is 15. The molecule has 43 heavy (non-hydrogen) atoms. The minimum absolute atomic E-state index is 0.00933. The molecule has 4 N–H and O–H groups in total. The van der Waals surface area contributed by atoms with Gasteiger partial charge in [0.2, 0.25) is 10.0 Å². The van der Waals surface area contributed by atoms with Crippen LogP contribution in [0.25, 0.3) is 0 Å². The highest BCUT2D eigenvalue weighted by Gasteiger charge is 2.26. The number of hydrogen-bond donors (Lipinski definition) is 3. The van der Waals surface area contributed by atoms with Crippen LogP contribution in [-0.2, 0) is 30.8 Å². The molecule has 14 heteroatoms. The molecule has 0 aliphatic carbocycles. The van der Waals surface area contributed by atoms with Crippen LogP contribution in [0.4, 0.5) is 5.69 Å². The summed E-state index contributed by atoms with van der Waals surface area (Å²) in [5.74, 6) is -0.964. The Hall–Kier alpha value is -3.42.